The van der Waals surface area contributed by atoms with E-state index >= 15 is 0 Å². The molecule has 0 bridgehead atoms. The number of hydrogen-bond donors (Lipinski definition) is 1. The lowest BCUT2D eigenvalue weighted by Gasteiger charge is -2.13. The van der Waals surface area contributed by atoms with Gasteiger partial charge in [-0.2, -0.15) is 0 Å². The second-order valence-corrected chi connectivity index (χ2v) is 4.50. The molecule has 0 aromatic heterocycles. The minimum absolute atomic E-state index is 0.264. The molecule has 0 saturated heterocycles. The van der Waals surface area contributed by atoms with Crippen LogP contribution in [0.3, 0.4) is 0 Å². The van der Waals surface area contributed by atoms with Gasteiger partial charge in [-0.25, -0.2) is 4.79 Å². The van der Waals surface area contributed by atoms with E-state index in [0.717, 1.165) is 5.56 Å². The van der Waals surface area contributed by atoms with E-state index in [1.54, 1.807) is 25.3 Å². The van der Waals surface area contributed by atoms with Crippen LogP contribution in [-0.2, 0) is 4.74 Å². The molecule has 5 nitrogen and oxygen atoms in total. The molecule has 110 valence electrons. The van der Waals surface area contributed by atoms with Gasteiger partial charge in [0.2, 0.25) is 0 Å². The van der Waals surface area contributed by atoms with Crippen LogP contribution in [0.1, 0.15) is 15.9 Å². The Bertz CT molecular complexity index is 667. The molecule has 2 aromatic rings. The van der Waals surface area contributed by atoms with Crippen molar-refractivity contribution < 1.29 is 19.0 Å². The topological polar surface area (TPSA) is 70.8 Å². The molecule has 0 heterocycles. The number of methoxy groups -OCH3 is 2. The number of nitrogen functional groups attached to an aromatic ring is 1. The second kappa shape index (κ2) is 6.17. The first-order valence-electron chi connectivity index (χ1n) is 6.35. The summed E-state index contributed by atoms with van der Waals surface area (Å²) in [7, 11) is 2.87. The van der Waals surface area contributed by atoms with Crippen molar-refractivity contribution in [1.82, 2.24) is 0 Å². The van der Waals surface area contributed by atoms with Crippen LogP contribution in [0.4, 0.5) is 5.69 Å². The van der Waals surface area contributed by atoms with E-state index in [4.69, 9.17) is 19.9 Å². The summed E-state index contributed by atoms with van der Waals surface area (Å²) in [6.45, 7) is 1.95. The number of rotatable bonds is 4. The number of aryl methyl sites for hydroxylation is 1. The van der Waals surface area contributed by atoms with Gasteiger partial charge in [-0.15, -0.1) is 0 Å². The molecule has 2 rings (SSSR count). The molecule has 0 atom stereocenters. The molecule has 0 amide bonds. The summed E-state index contributed by atoms with van der Waals surface area (Å²) in [4.78, 5) is 11.8. The first-order valence-corrected chi connectivity index (χ1v) is 6.35. The number of benzene rings is 2. The lowest BCUT2D eigenvalue weighted by molar-refractivity contribution is 0.0598. The third kappa shape index (κ3) is 3.25. The predicted molar refractivity (Wildman–Crippen MR) is 80.0 cm³/mol. The quantitative estimate of drug-likeness (QED) is 0.691. The zero-order chi connectivity index (χ0) is 15.4. The standard InChI is InChI=1S/C16H17NO4/c1-10-4-6-14(15(8-10)19-2)21-13-7-5-11(17)9-12(13)16(18)20-3/h4-9H,17H2,1-3H3. The van der Waals surface area contributed by atoms with Crippen molar-refractivity contribution in [3.8, 4) is 17.2 Å². The maximum atomic E-state index is 11.8. The lowest BCUT2D eigenvalue weighted by atomic mass is 10.1. The van der Waals surface area contributed by atoms with Gasteiger partial charge in [0.15, 0.2) is 11.5 Å². The van der Waals surface area contributed by atoms with Crippen LogP contribution >= 0.6 is 0 Å². The normalized spacial score (nSPS) is 10.0. The number of nitrogens with two attached hydrogens (primary N) is 1. The lowest BCUT2D eigenvalue weighted by Crippen LogP contribution is -2.05. The molecule has 0 aliphatic rings. The molecule has 5 heteroatoms. The van der Waals surface area contributed by atoms with Crippen molar-refractivity contribution in [2.75, 3.05) is 20.0 Å². The van der Waals surface area contributed by atoms with Crippen molar-refractivity contribution in [2.45, 2.75) is 6.92 Å². The molecule has 0 aliphatic heterocycles. The molecule has 0 aliphatic carbocycles. The smallest absolute Gasteiger partial charge is 0.341 e. The summed E-state index contributed by atoms with van der Waals surface area (Å²) < 4.78 is 15.8. The third-order valence-electron chi connectivity index (χ3n) is 2.95. The maximum Gasteiger partial charge on any atom is 0.341 e. The van der Waals surface area contributed by atoms with Crippen LogP contribution in [0, 0.1) is 6.92 Å². The highest BCUT2D eigenvalue weighted by atomic mass is 16.5. The van der Waals surface area contributed by atoms with Crippen LogP contribution in [-0.4, -0.2) is 20.2 Å². The van der Waals surface area contributed by atoms with Gasteiger partial charge in [0, 0.05) is 5.69 Å². The fourth-order valence-electron chi connectivity index (χ4n) is 1.88. The maximum absolute atomic E-state index is 11.8. The number of hydrogen-bond acceptors (Lipinski definition) is 5. The van der Waals surface area contributed by atoms with Crippen molar-refractivity contribution in [2.24, 2.45) is 0 Å². The molecule has 0 radical (unpaired) electrons. The van der Waals surface area contributed by atoms with Crippen LogP contribution in [0.15, 0.2) is 36.4 Å². The molecule has 0 unspecified atom stereocenters. The Kier molecular flexibility index (Phi) is 4.33. The summed E-state index contributed by atoms with van der Waals surface area (Å²) in [5, 5.41) is 0. The van der Waals surface area contributed by atoms with Gasteiger partial charge >= 0.3 is 5.97 Å². The van der Waals surface area contributed by atoms with Gasteiger partial charge in [-0.3, -0.25) is 0 Å². The molecule has 21 heavy (non-hydrogen) atoms. The molecule has 2 aromatic carbocycles. The SMILES string of the molecule is COC(=O)c1cc(N)ccc1Oc1ccc(C)cc1OC. The molecule has 0 saturated carbocycles. The van der Waals surface area contributed by atoms with Crippen LogP contribution in [0.25, 0.3) is 0 Å². The van der Waals surface area contributed by atoms with Crippen molar-refractivity contribution >= 4 is 11.7 Å². The highest BCUT2D eigenvalue weighted by Gasteiger charge is 2.16. The molecular weight excluding hydrogens is 270 g/mol. The Balaban J connectivity index is 2.42. The van der Waals surface area contributed by atoms with Crippen molar-refractivity contribution in [1.29, 1.82) is 0 Å². The van der Waals surface area contributed by atoms with E-state index in [-0.39, 0.29) is 5.56 Å². The average Bonchev–Trinajstić information content (AvgIpc) is 2.49. The molecular formula is C16H17NO4. The monoisotopic (exact) mass is 287 g/mol. The molecule has 0 fully saturated rings. The van der Waals surface area contributed by atoms with Crippen LogP contribution < -0.4 is 15.2 Å². The van der Waals surface area contributed by atoms with Crippen LogP contribution in [0.2, 0.25) is 0 Å². The summed E-state index contributed by atoms with van der Waals surface area (Å²) in [5.41, 5.74) is 7.47. The Hall–Kier alpha value is -2.69. The number of ether oxygens (including phenoxy) is 3. The van der Waals surface area contributed by atoms with E-state index < -0.39 is 5.97 Å². The van der Waals surface area contributed by atoms with Crippen molar-refractivity contribution in [3.63, 3.8) is 0 Å². The van der Waals surface area contributed by atoms with Gasteiger partial charge in [-0.05, 0) is 42.8 Å². The first kappa shape index (κ1) is 14.7. The molecule has 2 N–H and O–H groups in total. The Morgan fingerprint density at radius 2 is 1.71 bits per heavy atom. The third-order valence-corrected chi connectivity index (χ3v) is 2.95. The van der Waals surface area contributed by atoms with E-state index in [9.17, 15) is 4.79 Å². The van der Waals surface area contributed by atoms with Gasteiger partial charge in [0.25, 0.3) is 0 Å². The van der Waals surface area contributed by atoms with Gasteiger partial charge in [-0.1, -0.05) is 6.07 Å². The highest BCUT2D eigenvalue weighted by Crippen LogP contribution is 2.34. The van der Waals surface area contributed by atoms with Gasteiger partial charge < -0.3 is 19.9 Å². The Labute approximate surface area is 123 Å². The first-order chi connectivity index (χ1) is 10.0. The second-order valence-electron chi connectivity index (χ2n) is 4.50. The average molecular weight is 287 g/mol. The number of esters is 1. The fourth-order valence-corrected chi connectivity index (χ4v) is 1.88. The minimum atomic E-state index is -0.511. The summed E-state index contributed by atoms with van der Waals surface area (Å²) in [6, 6.07) is 10.3. The van der Waals surface area contributed by atoms with Crippen molar-refractivity contribution in [3.05, 3.63) is 47.5 Å². The zero-order valence-corrected chi connectivity index (χ0v) is 12.2. The summed E-state index contributed by atoms with van der Waals surface area (Å²) in [5.74, 6) is 0.947. The number of carbonyl (C=O) groups excluding carboxylic acids is 1. The predicted octanol–water partition coefficient (Wildman–Crippen LogP) is 3.16. The number of carbonyl (C=O) groups is 1. The number of anilines is 1. The minimum Gasteiger partial charge on any atom is -0.493 e. The Morgan fingerprint density at radius 3 is 2.38 bits per heavy atom. The largest absolute Gasteiger partial charge is 0.493 e. The van der Waals surface area contributed by atoms with E-state index in [1.165, 1.54) is 13.2 Å². The zero-order valence-electron chi connectivity index (χ0n) is 12.2. The van der Waals surface area contributed by atoms with Gasteiger partial charge in [0.1, 0.15) is 11.3 Å². The highest BCUT2D eigenvalue weighted by molar-refractivity contribution is 5.93. The Morgan fingerprint density at radius 1 is 1.00 bits per heavy atom. The van der Waals surface area contributed by atoms with Crippen LogP contribution in [0.5, 0.6) is 17.2 Å². The van der Waals surface area contributed by atoms with E-state index in [2.05, 4.69) is 0 Å². The fraction of sp³-hybridized carbons (Fsp3) is 0.188. The molecule has 0 spiro atoms. The van der Waals surface area contributed by atoms with E-state index in [0.29, 0.717) is 22.9 Å². The van der Waals surface area contributed by atoms with Gasteiger partial charge in [0.05, 0.1) is 14.2 Å². The van der Waals surface area contributed by atoms with E-state index in [1.807, 2.05) is 19.1 Å². The summed E-state index contributed by atoms with van der Waals surface area (Å²) in [6.07, 6.45) is 0. The summed E-state index contributed by atoms with van der Waals surface area (Å²) >= 11 is 0.